The SMILES string of the molecule is CCCCCSc1n[n+]2c(c(=O)[nH]1)-c1ccccc1N(C(C)=O)[C@@H]2c1cn[nH]c1-c1ccccc1. The van der Waals surface area contributed by atoms with Crippen LogP contribution in [0.4, 0.5) is 5.69 Å². The lowest BCUT2D eigenvalue weighted by Gasteiger charge is -2.31. The first-order valence-electron chi connectivity index (χ1n) is 11.8. The molecule has 0 fully saturated rings. The van der Waals surface area contributed by atoms with Gasteiger partial charge in [0.2, 0.25) is 11.1 Å². The average Bonchev–Trinajstić information content (AvgIpc) is 3.35. The van der Waals surface area contributed by atoms with Crippen LogP contribution in [-0.2, 0) is 4.79 Å². The summed E-state index contributed by atoms with van der Waals surface area (Å²) in [5, 5.41) is 12.8. The van der Waals surface area contributed by atoms with Crippen LogP contribution < -0.4 is 15.1 Å². The first kappa shape index (κ1) is 23.0. The molecule has 0 radical (unpaired) electrons. The van der Waals surface area contributed by atoms with Crippen LogP contribution in [0.3, 0.4) is 0 Å². The number of unbranched alkanes of at least 4 members (excludes halogenated alkanes) is 2. The highest BCUT2D eigenvalue weighted by atomic mass is 32.2. The summed E-state index contributed by atoms with van der Waals surface area (Å²) in [6, 6.07) is 17.3. The molecule has 0 spiro atoms. The fourth-order valence-corrected chi connectivity index (χ4v) is 5.36. The zero-order chi connectivity index (χ0) is 24.4. The number of H-pyrrole nitrogens is 2. The Morgan fingerprint density at radius 1 is 1.11 bits per heavy atom. The second-order valence-corrected chi connectivity index (χ2v) is 9.54. The van der Waals surface area contributed by atoms with Crippen molar-refractivity contribution in [2.45, 2.75) is 44.4 Å². The van der Waals surface area contributed by atoms with Gasteiger partial charge >= 0.3 is 11.3 Å². The van der Waals surface area contributed by atoms with Crippen molar-refractivity contribution in [3.63, 3.8) is 0 Å². The second kappa shape index (κ2) is 9.87. The molecule has 35 heavy (non-hydrogen) atoms. The number of nitrogens with zero attached hydrogens (tertiary/aromatic N) is 4. The van der Waals surface area contributed by atoms with Gasteiger partial charge in [-0.15, -0.1) is 0 Å². The highest BCUT2D eigenvalue weighted by Crippen LogP contribution is 2.39. The van der Waals surface area contributed by atoms with E-state index in [1.165, 1.54) is 18.7 Å². The molecule has 1 aliphatic heterocycles. The van der Waals surface area contributed by atoms with Crippen molar-refractivity contribution in [3.05, 3.63) is 76.7 Å². The van der Waals surface area contributed by atoms with Crippen LogP contribution in [0.1, 0.15) is 44.8 Å². The van der Waals surface area contributed by atoms with Crippen LogP contribution in [-0.4, -0.2) is 31.9 Å². The van der Waals surface area contributed by atoms with Crippen LogP contribution in [0.5, 0.6) is 0 Å². The minimum absolute atomic E-state index is 0.153. The second-order valence-electron chi connectivity index (χ2n) is 8.45. The lowest BCUT2D eigenvalue weighted by atomic mass is 10.00. The van der Waals surface area contributed by atoms with Crippen molar-refractivity contribution in [2.75, 3.05) is 10.7 Å². The Kier molecular flexibility index (Phi) is 6.50. The lowest BCUT2D eigenvalue weighted by molar-refractivity contribution is -0.763. The van der Waals surface area contributed by atoms with Gasteiger partial charge in [0.1, 0.15) is 0 Å². The molecule has 0 bridgehead atoms. The van der Waals surface area contributed by atoms with Crippen molar-refractivity contribution in [1.29, 1.82) is 0 Å². The fourth-order valence-electron chi connectivity index (χ4n) is 4.51. The van der Waals surface area contributed by atoms with Gasteiger partial charge in [-0.1, -0.05) is 74.0 Å². The van der Waals surface area contributed by atoms with E-state index in [4.69, 9.17) is 5.10 Å². The monoisotopic (exact) mass is 487 g/mol. The molecule has 0 saturated heterocycles. The Labute approximate surface area is 207 Å². The van der Waals surface area contributed by atoms with Crippen molar-refractivity contribution < 1.29 is 9.48 Å². The van der Waals surface area contributed by atoms with Crippen LogP contribution in [0.2, 0.25) is 0 Å². The topological polar surface area (TPSA) is 98.6 Å². The van der Waals surface area contributed by atoms with E-state index in [-0.39, 0.29) is 11.5 Å². The van der Waals surface area contributed by atoms with Crippen molar-refractivity contribution in [1.82, 2.24) is 20.3 Å². The summed E-state index contributed by atoms with van der Waals surface area (Å²) in [6.45, 7) is 3.69. The summed E-state index contributed by atoms with van der Waals surface area (Å²) in [4.78, 5) is 31.2. The fraction of sp³-hybridized carbons (Fsp3) is 0.269. The van der Waals surface area contributed by atoms with E-state index < -0.39 is 6.17 Å². The Morgan fingerprint density at radius 2 is 1.89 bits per heavy atom. The van der Waals surface area contributed by atoms with Gasteiger partial charge in [0.15, 0.2) is 0 Å². The predicted octanol–water partition coefficient (Wildman–Crippen LogP) is 4.31. The summed E-state index contributed by atoms with van der Waals surface area (Å²) in [5.41, 5.74) is 3.99. The number of para-hydroxylation sites is 1. The number of fused-ring (bicyclic) bond motifs is 3. The quantitative estimate of drug-likeness (QED) is 0.230. The molecule has 4 aromatic rings. The van der Waals surface area contributed by atoms with Gasteiger partial charge in [-0.25, -0.2) is 4.90 Å². The minimum atomic E-state index is -0.677. The zero-order valence-electron chi connectivity index (χ0n) is 19.7. The zero-order valence-corrected chi connectivity index (χ0v) is 20.5. The van der Waals surface area contributed by atoms with Crippen molar-refractivity contribution >= 4 is 23.4 Å². The largest absolute Gasteiger partial charge is 0.325 e. The van der Waals surface area contributed by atoms with Gasteiger partial charge in [0.25, 0.3) is 6.17 Å². The van der Waals surface area contributed by atoms with Crippen molar-refractivity contribution in [2.24, 2.45) is 0 Å². The van der Waals surface area contributed by atoms with Gasteiger partial charge in [-0.2, -0.15) is 5.10 Å². The number of rotatable bonds is 7. The molecule has 5 rings (SSSR count). The number of thioether (sulfide) groups is 1. The van der Waals surface area contributed by atoms with Crippen LogP contribution >= 0.6 is 11.8 Å². The van der Waals surface area contributed by atoms with Gasteiger partial charge < -0.3 is 0 Å². The smallest absolute Gasteiger partial charge is 0.291 e. The molecule has 0 aliphatic carbocycles. The van der Waals surface area contributed by atoms with Gasteiger partial charge in [-0.05, 0) is 23.2 Å². The molecule has 0 unspecified atom stereocenters. The Bertz CT molecular complexity index is 1410. The first-order chi connectivity index (χ1) is 17.1. The van der Waals surface area contributed by atoms with Gasteiger partial charge in [0, 0.05) is 23.3 Å². The minimum Gasteiger partial charge on any atom is -0.291 e. The van der Waals surface area contributed by atoms with Crippen LogP contribution in [0.15, 0.2) is 70.7 Å². The molecule has 178 valence electrons. The molecule has 1 aliphatic rings. The highest BCUT2D eigenvalue weighted by molar-refractivity contribution is 7.99. The van der Waals surface area contributed by atoms with E-state index in [0.717, 1.165) is 41.8 Å². The molecule has 2 aromatic carbocycles. The number of benzene rings is 2. The molecular weight excluding hydrogens is 460 g/mol. The van der Waals surface area contributed by atoms with E-state index in [1.54, 1.807) is 15.8 Å². The Balaban J connectivity index is 1.72. The number of carbonyl (C=O) groups is 1. The summed E-state index contributed by atoms with van der Waals surface area (Å²) < 4.78 is 1.68. The maximum atomic E-state index is 13.4. The molecule has 9 heteroatoms. The first-order valence-corrected chi connectivity index (χ1v) is 12.8. The van der Waals surface area contributed by atoms with Gasteiger partial charge in [0.05, 0.1) is 28.7 Å². The van der Waals surface area contributed by atoms with Gasteiger partial charge in [-0.3, -0.25) is 19.7 Å². The summed E-state index contributed by atoms with van der Waals surface area (Å²) in [5.74, 6) is 0.703. The number of hydrogen-bond donors (Lipinski definition) is 2. The summed E-state index contributed by atoms with van der Waals surface area (Å²) in [6.07, 6.45) is 4.32. The molecule has 2 N–H and O–H groups in total. The van der Waals surface area contributed by atoms with Crippen LogP contribution in [0, 0.1) is 0 Å². The molecule has 3 heterocycles. The Hall–Kier alpha value is -3.72. The predicted molar refractivity (Wildman–Crippen MR) is 136 cm³/mol. The average molecular weight is 488 g/mol. The van der Waals surface area contributed by atoms with Crippen LogP contribution in [0.25, 0.3) is 22.5 Å². The van der Waals surface area contributed by atoms with E-state index in [9.17, 15) is 9.59 Å². The number of aromatic amines is 2. The third-order valence-electron chi connectivity index (χ3n) is 6.09. The number of hydrogen-bond acceptors (Lipinski definition) is 5. The number of carbonyl (C=O) groups excluding carboxylic acids is 1. The number of nitrogens with one attached hydrogen (secondary N) is 2. The maximum absolute atomic E-state index is 13.4. The van der Waals surface area contributed by atoms with E-state index in [0.29, 0.717) is 22.1 Å². The lowest BCUT2D eigenvalue weighted by Crippen LogP contribution is -2.60. The summed E-state index contributed by atoms with van der Waals surface area (Å²) >= 11 is 1.52. The normalized spacial score (nSPS) is 14.5. The van der Waals surface area contributed by atoms with E-state index in [2.05, 4.69) is 22.1 Å². The third kappa shape index (κ3) is 4.27. The number of aromatic nitrogens is 5. The molecule has 2 aromatic heterocycles. The standard InChI is InChI=1S/C26H26N6O2S/c1-3-4-10-15-35-26-28-24(34)23-19-13-8-9-14-21(19)31(17(2)33)25(32(23)30-26)20-16-27-29-22(20)18-11-6-5-7-12-18/h5-9,11-14,16,25H,3-4,10,15H2,1-2H3,(H-,27,28,29,30,34)/p+1/t25-/m0/s1. The molecule has 0 saturated carbocycles. The maximum Gasteiger partial charge on any atom is 0.325 e. The summed E-state index contributed by atoms with van der Waals surface area (Å²) in [7, 11) is 0. The Morgan fingerprint density at radius 3 is 2.66 bits per heavy atom. The van der Waals surface area contributed by atoms with Crippen molar-refractivity contribution in [3.8, 4) is 22.5 Å². The molecule has 8 nitrogen and oxygen atoms in total. The number of amides is 1. The highest BCUT2D eigenvalue weighted by Gasteiger charge is 2.46. The third-order valence-corrected chi connectivity index (χ3v) is 7.04. The number of anilines is 1. The van der Waals surface area contributed by atoms with E-state index >= 15 is 0 Å². The molecule has 1 atom stereocenters. The molecular formula is C26H27N6O2S+. The molecule has 1 amide bonds. The van der Waals surface area contributed by atoms with E-state index in [1.807, 2.05) is 54.6 Å².